The third kappa shape index (κ3) is 2.68. The second-order valence-corrected chi connectivity index (χ2v) is 4.92. The van der Waals surface area contributed by atoms with Gasteiger partial charge in [-0.15, -0.1) is 11.3 Å². The van der Waals surface area contributed by atoms with Gasteiger partial charge in [0.1, 0.15) is 0 Å². The number of hydrogen-bond acceptors (Lipinski definition) is 3. The monoisotopic (exact) mass is 232 g/mol. The Morgan fingerprint density at radius 2 is 2.31 bits per heavy atom. The van der Waals surface area contributed by atoms with Crippen LogP contribution in [0.1, 0.15) is 29.0 Å². The molecule has 1 unspecified atom stereocenters. The van der Waals surface area contributed by atoms with Crippen molar-refractivity contribution in [2.75, 3.05) is 0 Å². The van der Waals surface area contributed by atoms with Gasteiger partial charge in [-0.1, -0.05) is 6.07 Å². The Morgan fingerprint density at radius 1 is 1.44 bits per heavy atom. The van der Waals surface area contributed by atoms with Gasteiger partial charge in [-0.2, -0.15) is 0 Å². The highest BCUT2D eigenvalue weighted by molar-refractivity contribution is 7.10. The smallest absolute Gasteiger partial charge is 0.0315 e. The summed E-state index contributed by atoms with van der Waals surface area (Å²) < 4.78 is 0. The predicted molar refractivity (Wildman–Crippen MR) is 68.5 cm³/mol. The maximum Gasteiger partial charge on any atom is 0.0315 e. The van der Waals surface area contributed by atoms with E-state index in [1.54, 1.807) is 6.20 Å². The molecule has 3 heteroatoms. The van der Waals surface area contributed by atoms with Gasteiger partial charge in [-0.25, -0.2) is 0 Å². The summed E-state index contributed by atoms with van der Waals surface area (Å²) in [5.74, 6) is 0. The van der Waals surface area contributed by atoms with Crippen molar-refractivity contribution in [2.45, 2.75) is 26.4 Å². The van der Waals surface area contributed by atoms with Crippen LogP contribution < -0.4 is 5.32 Å². The van der Waals surface area contributed by atoms with Crippen molar-refractivity contribution in [2.24, 2.45) is 0 Å². The SMILES string of the molecule is Cc1ccsc1CNC(C)c1cccnc1. The van der Waals surface area contributed by atoms with E-state index in [1.165, 1.54) is 16.0 Å². The highest BCUT2D eigenvalue weighted by Crippen LogP contribution is 2.17. The minimum Gasteiger partial charge on any atom is -0.305 e. The van der Waals surface area contributed by atoms with E-state index in [1.807, 2.05) is 23.6 Å². The van der Waals surface area contributed by atoms with E-state index >= 15 is 0 Å². The van der Waals surface area contributed by atoms with Crippen molar-refractivity contribution >= 4 is 11.3 Å². The number of rotatable bonds is 4. The molecule has 0 aliphatic carbocycles. The van der Waals surface area contributed by atoms with Crippen molar-refractivity contribution in [3.8, 4) is 0 Å². The molecule has 0 aliphatic rings. The number of aromatic nitrogens is 1. The van der Waals surface area contributed by atoms with Crippen LogP contribution in [-0.4, -0.2) is 4.98 Å². The third-order valence-corrected chi connectivity index (χ3v) is 3.74. The van der Waals surface area contributed by atoms with E-state index in [0.717, 1.165) is 6.54 Å². The number of nitrogens with zero attached hydrogens (tertiary/aromatic N) is 1. The lowest BCUT2D eigenvalue weighted by Crippen LogP contribution is -2.17. The molecular formula is C13H16N2S. The molecule has 1 N–H and O–H groups in total. The van der Waals surface area contributed by atoms with Crippen molar-refractivity contribution < 1.29 is 0 Å². The summed E-state index contributed by atoms with van der Waals surface area (Å²) in [6.45, 7) is 5.25. The zero-order valence-electron chi connectivity index (χ0n) is 9.60. The molecular weight excluding hydrogens is 216 g/mol. The van der Waals surface area contributed by atoms with Crippen molar-refractivity contribution in [1.29, 1.82) is 0 Å². The van der Waals surface area contributed by atoms with Crippen LogP contribution in [0.15, 0.2) is 36.0 Å². The normalized spacial score (nSPS) is 12.6. The Morgan fingerprint density at radius 3 is 2.94 bits per heavy atom. The van der Waals surface area contributed by atoms with Crippen LogP contribution in [-0.2, 0) is 6.54 Å². The van der Waals surface area contributed by atoms with Gasteiger partial charge in [0, 0.05) is 29.9 Å². The minimum atomic E-state index is 0.343. The third-order valence-electron chi connectivity index (χ3n) is 2.72. The number of hydrogen-bond donors (Lipinski definition) is 1. The van der Waals surface area contributed by atoms with Crippen molar-refractivity contribution in [3.63, 3.8) is 0 Å². The molecule has 2 heterocycles. The van der Waals surface area contributed by atoms with E-state index < -0.39 is 0 Å². The largest absolute Gasteiger partial charge is 0.305 e. The first-order chi connectivity index (χ1) is 7.77. The Bertz CT molecular complexity index is 436. The summed E-state index contributed by atoms with van der Waals surface area (Å²) in [6, 6.07) is 6.59. The maximum atomic E-state index is 4.13. The number of aryl methyl sites for hydroxylation is 1. The molecule has 0 amide bonds. The van der Waals surface area contributed by atoms with Gasteiger partial charge in [0.25, 0.3) is 0 Å². The highest BCUT2D eigenvalue weighted by Gasteiger charge is 2.05. The van der Waals surface area contributed by atoms with Crippen molar-refractivity contribution in [1.82, 2.24) is 10.3 Å². The summed E-state index contributed by atoms with van der Waals surface area (Å²) in [4.78, 5) is 5.54. The van der Waals surface area contributed by atoms with Crippen LogP contribution in [0, 0.1) is 6.92 Å². The summed E-state index contributed by atoms with van der Waals surface area (Å²) >= 11 is 1.81. The van der Waals surface area contributed by atoms with Gasteiger partial charge in [-0.3, -0.25) is 4.98 Å². The highest BCUT2D eigenvalue weighted by atomic mass is 32.1. The van der Waals surface area contributed by atoms with Crippen LogP contribution in [0.2, 0.25) is 0 Å². The van der Waals surface area contributed by atoms with Gasteiger partial charge in [0.2, 0.25) is 0 Å². The Labute approximate surface area is 100 Å². The molecule has 2 aromatic heterocycles. The lowest BCUT2D eigenvalue weighted by Gasteiger charge is -2.13. The first-order valence-corrected chi connectivity index (χ1v) is 6.31. The molecule has 2 nitrogen and oxygen atoms in total. The summed E-state index contributed by atoms with van der Waals surface area (Å²) in [5, 5.41) is 5.65. The zero-order valence-corrected chi connectivity index (χ0v) is 10.4. The summed E-state index contributed by atoms with van der Waals surface area (Å²) in [7, 11) is 0. The molecule has 16 heavy (non-hydrogen) atoms. The molecule has 0 aromatic carbocycles. The lowest BCUT2D eigenvalue weighted by atomic mass is 10.1. The second-order valence-electron chi connectivity index (χ2n) is 3.92. The van der Waals surface area contributed by atoms with Gasteiger partial charge < -0.3 is 5.32 Å². The Hall–Kier alpha value is -1.19. The molecule has 84 valence electrons. The minimum absolute atomic E-state index is 0.343. The number of pyridine rings is 1. The predicted octanol–water partition coefficient (Wildman–Crippen LogP) is 3.30. The van der Waals surface area contributed by atoms with Crippen LogP contribution in [0.5, 0.6) is 0 Å². The van der Waals surface area contributed by atoms with E-state index in [4.69, 9.17) is 0 Å². The molecule has 2 aromatic rings. The first-order valence-electron chi connectivity index (χ1n) is 5.43. The molecule has 0 saturated heterocycles. The molecule has 0 aliphatic heterocycles. The fourth-order valence-corrected chi connectivity index (χ4v) is 2.44. The van der Waals surface area contributed by atoms with Gasteiger partial charge in [-0.05, 0) is 42.5 Å². The lowest BCUT2D eigenvalue weighted by molar-refractivity contribution is 0.576. The van der Waals surface area contributed by atoms with Gasteiger partial charge in [0.05, 0.1) is 0 Å². The fraction of sp³-hybridized carbons (Fsp3) is 0.308. The average molecular weight is 232 g/mol. The second kappa shape index (κ2) is 5.23. The van der Waals surface area contributed by atoms with Crippen LogP contribution in [0.25, 0.3) is 0 Å². The molecule has 2 rings (SSSR count). The van der Waals surface area contributed by atoms with E-state index in [2.05, 4.69) is 41.7 Å². The Balaban J connectivity index is 1.94. The molecule has 0 radical (unpaired) electrons. The molecule has 1 atom stereocenters. The first kappa shape index (κ1) is 11.3. The molecule has 0 bridgehead atoms. The number of nitrogens with one attached hydrogen (secondary N) is 1. The average Bonchev–Trinajstić information content (AvgIpc) is 2.73. The maximum absolute atomic E-state index is 4.13. The fourth-order valence-electron chi connectivity index (χ4n) is 1.58. The van der Waals surface area contributed by atoms with Crippen LogP contribution >= 0.6 is 11.3 Å². The Kier molecular flexibility index (Phi) is 3.70. The van der Waals surface area contributed by atoms with E-state index in [-0.39, 0.29) is 0 Å². The molecule has 0 fully saturated rings. The quantitative estimate of drug-likeness (QED) is 0.875. The van der Waals surface area contributed by atoms with Crippen LogP contribution in [0.3, 0.4) is 0 Å². The van der Waals surface area contributed by atoms with E-state index in [0.29, 0.717) is 6.04 Å². The molecule has 0 saturated carbocycles. The van der Waals surface area contributed by atoms with Gasteiger partial charge in [0.15, 0.2) is 0 Å². The summed E-state index contributed by atoms with van der Waals surface area (Å²) in [5.41, 5.74) is 2.60. The summed E-state index contributed by atoms with van der Waals surface area (Å²) in [6.07, 6.45) is 3.72. The topological polar surface area (TPSA) is 24.9 Å². The van der Waals surface area contributed by atoms with Crippen LogP contribution in [0.4, 0.5) is 0 Å². The zero-order chi connectivity index (χ0) is 11.4. The standard InChI is InChI=1S/C13H16N2S/c1-10-5-7-16-13(10)9-15-11(2)12-4-3-6-14-8-12/h3-8,11,15H,9H2,1-2H3. The van der Waals surface area contributed by atoms with Gasteiger partial charge >= 0.3 is 0 Å². The van der Waals surface area contributed by atoms with E-state index in [9.17, 15) is 0 Å². The van der Waals surface area contributed by atoms with Crippen molar-refractivity contribution in [3.05, 3.63) is 52.0 Å². The molecule has 0 spiro atoms. The number of thiophene rings is 1.